The standard InChI is InChI=1S/C15H17N3O.C2H6.2H2/c1-12-2-4-14(5-3-12)18-15(19)17-11-8-13-6-9-16-10-7-13;1-2;;/h2-7,9-10H,8,11H2,1H3,(H2,17,18,19);1-2H3;2*1H. The number of carbonyl (C=O) groups is 1. The highest BCUT2D eigenvalue weighted by atomic mass is 16.2. The second-order valence-corrected chi connectivity index (χ2v) is 4.35. The number of nitrogens with zero attached hydrogens (tertiary/aromatic N) is 1. The minimum absolute atomic E-state index is 0. The Morgan fingerprint density at radius 1 is 1.10 bits per heavy atom. The molecule has 1 aromatic carbocycles. The molecule has 1 aromatic heterocycles. The van der Waals surface area contributed by atoms with Crippen molar-refractivity contribution in [1.29, 1.82) is 0 Å². The number of urea groups is 1. The van der Waals surface area contributed by atoms with Crippen molar-refractivity contribution in [1.82, 2.24) is 10.3 Å². The zero-order valence-corrected chi connectivity index (χ0v) is 12.9. The van der Waals surface area contributed by atoms with Gasteiger partial charge in [0.05, 0.1) is 0 Å². The van der Waals surface area contributed by atoms with Crippen molar-refractivity contribution in [2.75, 3.05) is 11.9 Å². The molecule has 0 saturated heterocycles. The summed E-state index contributed by atoms with van der Waals surface area (Å²) in [5, 5.41) is 5.62. The second-order valence-electron chi connectivity index (χ2n) is 4.35. The van der Waals surface area contributed by atoms with Gasteiger partial charge < -0.3 is 10.6 Å². The predicted octanol–water partition coefficient (Wildman–Crippen LogP) is 4.27. The molecule has 0 unspecified atom stereocenters. The van der Waals surface area contributed by atoms with E-state index in [0.717, 1.165) is 17.7 Å². The monoisotopic (exact) mass is 289 g/mol. The molecular weight excluding hydrogens is 262 g/mol. The first-order valence-electron chi connectivity index (χ1n) is 7.24. The number of aryl methyl sites for hydroxylation is 1. The number of carbonyl (C=O) groups excluding carboxylic acids is 1. The molecule has 0 bridgehead atoms. The molecule has 0 fully saturated rings. The quantitative estimate of drug-likeness (QED) is 0.883. The van der Waals surface area contributed by atoms with Gasteiger partial charge in [-0.3, -0.25) is 4.98 Å². The van der Waals surface area contributed by atoms with E-state index in [4.69, 9.17) is 0 Å². The first kappa shape index (κ1) is 16.7. The van der Waals surface area contributed by atoms with Gasteiger partial charge in [-0.1, -0.05) is 31.5 Å². The van der Waals surface area contributed by atoms with Crippen LogP contribution in [-0.2, 0) is 6.42 Å². The zero-order valence-electron chi connectivity index (χ0n) is 12.9. The van der Waals surface area contributed by atoms with Crippen LogP contribution in [0.25, 0.3) is 0 Å². The summed E-state index contributed by atoms with van der Waals surface area (Å²) in [6.45, 7) is 6.61. The molecule has 2 amide bonds. The van der Waals surface area contributed by atoms with Gasteiger partial charge in [-0.05, 0) is 43.2 Å². The molecule has 0 aliphatic carbocycles. The van der Waals surface area contributed by atoms with Gasteiger partial charge in [0.1, 0.15) is 0 Å². The fourth-order valence-electron chi connectivity index (χ4n) is 1.68. The second kappa shape index (κ2) is 9.53. The highest BCUT2D eigenvalue weighted by Gasteiger charge is 2.00. The number of aromatic nitrogens is 1. The summed E-state index contributed by atoms with van der Waals surface area (Å²) in [6, 6.07) is 11.4. The van der Waals surface area contributed by atoms with E-state index in [1.54, 1.807) is 12.4 Å². The van der Waals surface area contributed by atoms with Crippen LogP contribution in [0.15, 0.2) is 48.8 Å². The van der Waals surface area contributed by atoms with Crippen LogP contribution < -0.4 is 10.6 Å². The van der Waals surface area contributed by atoms with Crippen LogP contribution in [0, 0.1) is 6.92 Å². The third-order valence-corrected chi connectivity index (χ3v) is 2.76. The molecular formula is C17H27N3O. The predicted molar refractivity (Wildman–Crippen MR) is 91.7 cm³/mol. The lowest BCUT2D eigenvalue weighted by Crippen LogP contribution is -2.30. The maximum atomic E-state index is 11.7. The average molecular weight is 289 g/mol. The number of hydrogen-bond donors (Lipinski definition) is 2. The SMILES string of the molecule is CC.Cc1ccc(NC(=O)NCCc2ccncc2)cc1.[HH].[HH]. The number of benzene rings is 1. The minimum Gasteiger partial charge on any atom is -0.338 e. The van der Waals surface area contributed by atoms with Crippen LogP contribution in [0.3, 0.4) is 0 Å². The summed E-state index contributed by atoms with van der Waals surface area (Å²) < 4.78 is 0. The number of nitrogens with one attached hydrogen (secondary N) is 2. The Kier molecular flexibility index (Phi) is 7.58. The van der Waals surface area contributed by atoms with Gasteiger partial charge in [0.25, 0.3) is 0 Å². The van der Waals surface area contributed by atoms with E-state index in [9.17, 15) is 4.79 Å². The molecule has 2 aromatic rings. The summed E-state index contributed by atoms with van der Waals surface area (Å²) in [5.41, 5.74) is 3.13. The molecule has 0 aliphatic heterocycles. The Morgan fingerprint density at radius 2 is 1.71 bits per heavy atom. The third-order valence-electron chi connectivity index (χ3n) is 2.76. The molecule has 2 rings (SSSR count). The molecule has 4 nitrogen and oxygen atoms in total. The van der Waals surface area contributed by atoms with Gasteiger partial charge in [0, 0.05) is 27.5 Å². The highest BCUT2D eigenvalue weighted by Crippen LogP contribution is 2.08. The third kappa shape index (κ3) is 6.56. The minimum atomic E-state index is -0.182. The van der Waals surface area contributed by atoms with Gasteiger partial charge in [-0.15, -0.1) is 0 Å². The largest absolute Gasteiger partial charge is 0.338 e. The Bertz CT molecular complexity index is 533. The van der Waals surface area contributed by atoms with E-state index in [1.807, 2.05) is 57.2 Å². The normalized spacial score (nSPS) is 9.29. The van der Waals surface area contributed by atoms with Crippen LogP contribution in [0.2, 0.25) is 0 Å². The van der Waals surface area contributed by atoms with Crippen molar-refractivity contribution in [3.8, 4) is 0 Å². The molecule has 1 heterocycles. The molecule has 0 saturated carbocycles. The molecule has 116 valence electrons. The van der Waals surface area contributed by atoms with Crippen molar-refractivity contribution in [3.05, 3.63) is 59.9 Å². The first-order valence-corrected chi connectivity index (χ1v) is 7.24. The average Bonchev–Trinajstić information content (AvgIpc) is 2.53. The molecule has 2 N–H and O–H groups in total. The van der Waals surface area contributed by atoms with Gasteiger partial charge in [-0.25, -0.2) is 4.79 Å². The Balaban J connectivity index is 0. The smallest absolute Gasteiger partial charge is 0.319 e. The van der Waals surface area contributed by atoms with Crippen LogP contribution in [0.1, 0.15) is 27.8 Å². The van der Waals surface area contributed by atoms with Crippen molar-refractivity contribution in [2.45, 2.75) is 27.2 Å². The number of hydrogen-bond acceptors (Lipinski definition) is 2. The number of rotatable bonds is 4. The van der Waals surface area contributed by atoms with E-state index in [1.165, 1.54) is 5.56 Å². The van der Waals surface area contributed by atoms with Crippen molar-refractivity contribution >= 4 is 11.7 Å². The summed E-state index contributed by atoms with van der Waals surface area (Å²) in [5.74, 6) is 0. The summed E-state index contributed by atoms with van der Waals surface area (Å²) in [6.07, 6.45) is 4.30. The Labute approximate surface area is 129 Å². The fourth-order valence-corrected chi connectivity index (χ4v) is 1.68. The van der Waals surface area contributed by atoms with E-state index in [0.29, 0.717) is 6.54 Å². The van der Waals surface area contributed by atoms with Gasteiger partial charge in [0.2, 0.25) is 0 Å². The Hall–Kier alpha value is -2.36. The number of pyridine rings is 1. The zero-order chi connectivity index (χ0) is 15.5. The first-order chi connectivity index (χ1) is 10.2. The summed E-state index contributed by atoms with van der Waals surface area (Å²) >= 11 is 0. The van der Waals surface area contributed by atoms with Gasteiger partial charge >= 0.3 is 6.03 Å². The summed E-state index contributed by atoms with van der Waals surface area (Å²) in [7, 11) is 0. The van der Waals surface area contributed by atoms with Crippen molar-refractivity contribution in [2.24, 2.45) is 0 Å². The maximum absolute atomic E-state index is 11.7. The fraction of sp³-hybridized carbons (Fsp3) is 0.294. The van der Waals surface area contributed by atoms with E-state index < -0.39 is 0 Å². The van der Waals surface area contributed by atoms with Crippen LogP contribution in [0.4, 0.5) is 10.5 Å². The summed E-state index contributed by atoms with van der Waals surface area (Å²) in [4.78, 5) is 15.6. The molecule has 0 spiro atoms. The van der Waals surface area contributed by atoms with Crippen molar-refractivity contribution in [3.63, 3.8) is 0 Å². The Morgan fingerprint density at radius 3 is 2.33 bits per heavy atom. The van der Waals surface area contributed by atoms with Crippen molar-refractivity contribution < 1.29 is 7.65 Å². The topological polar surface area (TPSA) is 54.0 Å². The lowest BCUT2D eigenvalue weighted by atomic mass is 10.2. The highest BCUT2D eigenvalue weighted by molar-refractivity contribution is 5.89. The lowest BCUT2D eigenvalue weighted by molar-refractivity contribution is 0.252. The van der Waals surface area contributed by atoms with Gasteiger partial charge in [0.15, 0.2) is 0 Å². The van der Waals surface area contributed by atoms with E-state index in [-0.39, 0.29) is 8.88 Å². The molecule has 4 heteroatoms. The van der Waals surface area contributed by atoms with Gasteiger partial charge in [-0.2, -0.15) is 0 Å². The molecule has 0 atom stereocenters. The maximum Gasteiger partial charge on any atom is 0.319 e. The van der Waals surface area contributed by atoms with Crippen LogP contribution in [0.5, 0.6) is 0 Å². The van der Waals surface area contributed by atoms with Crippen LogP contribution in [-0.4, -0.2) is 17.6 Å². The van der Waals surface area contributed by atoms with E-state index in [2.05, 4.69) is 15.6 Å². The molecule has 0 aliphatic rings. The lowest BCUT2D eigenvalue weighted by Gasteiger charge is -2.07. The van der Waals surface area contributed by atoms with Crippen LogP contribution >= 0.6 is 0 Å². The number of anilines is 1. The van der Waals surface area contributed by atoms with E-state index >= 15 is 0 Å². The molecule has 21 heavy (non-hydrogen) atoms. The number of amides is 2. The molecule has 0 radical (unpaired) electrons.